The summed E-state index contributed by atoms with van der Waals surface area (Å²) in [5.41, 5.74) is 3.12. The van der Waals surface area contributed by atoms with Gasteiger partial charge in [0, 0.05) is 18.4 Å². The first-order chi connectivity index (χ1) is 12.1. The zero-order chi connectivity index (χ0) is 17.4. The van der Waals surface area contributed by atoms with Gasteiger partial charge < -0.3 is 15.1 Å². The van der Waals surface area contributed by atoms with Gasteiger partial charge in [-0.3, -0.25) is 4.79 Å². The minimum Gasteiger partial charge on any atom is -0.349 e. The van der Waals surface area contributed by atoms with Crippen molar-refractivity contribution in [1.29, 1.82) is 0 Å². The standard InChI is InChI=1S/C21H31N3O/c1-16(25)22-20-15-21(19-6-4-3-5-18(19)20)9-13-24(14-10-21)17-7-11-23(2)12-8-17/h3-6,17,20H,7-15H2,1-2H3,(H,22,25)/t20-/m0/s1. The Bertz CT molecular complexity index is 628. The number of carbonyl (C=O) groups excluding carboxylic acids is 1. The molecule has 0 radical (unpaired) electrons. The fourth-order valence-corrected chi connectivity index (χ4v) is 5.42. The van der Waals surface area contributed by atoms with Crippen LogP contribution < -0.4 is 5.32 Å². The molecule has 0 aromatic heterocycles. The van der Waals surface area contributed by atoms with Crippen LogP contribution in [-0.4, -0.2) is 55.0 Å². The lowest BCUT2D eigenvalue weighted by molar-refractivity contribution is -0.119. The number of likely N-dealkylation sites (tertiary alicyclic amines) is 2. The highest BCUT2D eigenvalue weighted by Crippen LogP contribution is 2.51. The number of carbonyl (C=O) groups is 1. The van der Waals surface area contributed by atoms with Crippen molar-refractivity contribution in [1.82, 2.24) is 15.1 Å². The van der Waals surface area contributed by atoms with Gasteiger partial charge in [-0.05, 0) is 76.5 Å². The molecule has 4 nitrogen and oxygen atoms in total. The molecule has 0 bridgehead atoms. The number of rotatable bonds is 2. The molecule has 2 fully saturated rings. The summed E-state index contributed by atoms with van der Waals surface area (Å²) in [5.74, 6) is 0.0839. The Morgan fingerprint density at radius 1 is 1.12 bits per heavy atom. The predicted octanol–water partition coefficient (Wildman–Crippen LogP) is 2.70. The van der Waals surface area contributed by atoms with Crippen LogP contribution in [-0.2, 0) is 10.2 Å². The van der Waals surface area contributed by atoms with E-state index in [2.05, 4.69) is 46.4 Å². The van der Waals surface area contributed by atoms with Gasteiger partial charge in [0.25, 0.3) is 0 Å². The number of amides is 1. The van der Waals surface area contributed by atoms with Crippen LogP contribution in [0.25, 0.3) is 0 Å². The van der Waals surface area contributed by atoms with Gasteiger partial charge in [0.15, 0.2) is 0 Å². The van der Waals surface area contributed by atoms with Gasteiger partial charge in [-0.25, -0.2) is 0 Å². The second-order valence-corrected chi connectivity index (χ2v) is 8.40. The number of hydrogen-bond donors (Lipinski definition) is 1. The Labute approximate surface area is 151 Å². The molecule has 25 heavy (non-hydrogen) atoms. The van der Waals surface area contributed by atoms with Gasteiger partial charge in [0.05, 0.1) is 6.04 Å². The number of piperidine rings is 2. The second kappa shape index (κ2) is 6.73. The van der Waals surface area contributed by atoms with Crippen molar-refractivity contribution in [3.8, 4) is 0 Å². The molecule has 1 amide bonds. The number of nitrogens with one attached hydrogen (secondary N) is 1. The van der Waals surface area contributed by atoms with E-state index in [4.69, 9.17) is 0 Å². The smallest absolute Gasteiger partial charge is 0.217 e. The van der Waals surface area contributed by atoms with E-state index >= 15 is 0 Å². The summed E-state index contributed by atoms with van der Waals surface area (Å²) in [6.07, 6.45) is 6.16. The van der Waals surface area contributed by atoms with Crippen molar-refractivity contribution in [3.05, 3.63) is 35.4 Å². The van der Waals surface area contributed by atoms with Crippen LogP contribution in [0.1, 0.15) is 56.2 Å². The van der Waals surface area contributed by atoms with Crippen molar-refractivity contribution in [3.63, 3.8) is 0 Å². The Balaban J connectivity index is 1.48. The monoisotopic (exact) mass is 341 g/mol. The van der Waals surface area contributed by atoms with Gasteiger partial charge in [-0.2, -0.15) is 0 Å². The number of benzene rings is 1. The molecule has 0 unspecified atom stereocenters. The molecule has 1 atom stereocenters. The van der Waals surface area contributed by atoms with Crippen molar-refractivity contribution in [2.75, 3.05) is 33.2 Å². The maximum absolute atomic E-state index is 11.6. The first-order valence-corrected chi connectivity index (χ1v) is 9.86. The Kier molecular flexibility index (Phi) is 4.59. The van der Waals surface area contributed by atoms with Crippen molar-refractivity contribution < 1.29 is 4.79 Å². The van der Waals surface area contributed by atoms with Crippen LogP contribution in [0, 0.1) is 0 Å². The van der Waals surface area contributed by atoms with Gasteiger partial charge >= 0.3 is 0 Å². The highest BCUT2D eigenvalue weighted by Gasteiger charge is 2.46. The summed E-state index contributed by atoms with van der Waals surface area (Å²) in [6.45, 7) is 6.51. The van der Waals surface area contributed by atoms with Crippen LogP contribution >= 0.6 is 0 Å². The Hall–Kier alpha value is -1.39. The molecule has 2 saturated heterocycles. The number of fused-ring (bicyclic) bond motifs is 2. The molecular weight excluding hydrogens is 310 g/mol. The third kappa shape index (κ3) is 3.22. The predicted molar refractivity (Wildman–Crippen MR) is 101 cm³/mol. The quantitative estimate of drug-likeness (QED) is 0.898. The van der Waals surface area contributed by atoms with Gasteiger partial charge in [-0.1, -0.05) is 24.3 Å². The molecule has 1 aromatic rings. The lowest BCUT2D eigenvalue weighted by Gasteiger charge is -2.45. The maximum Gasteiger partial charge on any atom is 0.217 e. The molecule has 1 aliphatic carbocycles. The topological polar surface area (TPSA) is 35.6 Å². The van der Waals surface area contributed by atoms with Crippen LogP contribution in [0.5, 0.6) is 0 Å². The minimum absolute atomic E-state index is 0.0839. The Morgan fingerprint density at radius 3 is 2.48 bits per heavy atom. The molecular formula is C21H31N3O. The van der Waals surface area contributed by atoms with E-state index < -0.39 is 0 Å². The van der Waals surface area contributed by atoms with Crippen molar-refractivity contribution in [2.24, 2.45) is 0 Å². The normalized spacial score (nSPS) is 27.4. The molecule has 3 aliphatic rings. The van der Waals surface area contributed by atoms with Gasteiger partial charge in [0.2, 0.25) is 5.91 Å². The fourth-order valence-electron chi connectivity index (χ4n) is 5.42. The molecule has 2 heterocycles. The molecule has 0 saturated carbocycles. The zero-order valence-electron chi connectivity index (χ0n) is 15.6. The van der Waals surface area contributed by atoms with E-state index in [1.807, 2.05) is 0 Å². The largest absolute Gasteiger partial charge is 0.349 e. The van der Waals surface area contributed by atoms with Crippen LogP contribution in [0.4, 0.5) is 0 Å². The van der Waals surface area contributed by atoms with Crippen LogP contribution in [0.15, 0.2) is 24.3 Å². The van der Waals surface area contributed by atoms with E-state index in [0.29, 0.717) is 0 Å². The average Bonchev–Trinajstić information content (AvgIpc) is 2.90. The highest BCUT2D eigenvalue weighted by atomic mass is 16.1. The van der Waals surface area contributed by atoms with E-state index in [9.17, 15) is 4.79 Å². The highest BCUT2D eigenvalue weighted by molar-refractivity contribution is 5.73. The van der Waals surface area contributed by atoms with Gasteiger partial charge in [0.1, 0.15) is 0 Å². The molecule has 2 aliphatic heterocycles. The summed E-state index contributed by atoms with van der Waals surface area (Å²) in [6, 6.07) is 9.77. The van der Waals surface area contributed by atoms with E-state index in [1.54, 1.807) is 6.92 Å². The van der Waals surface area contributed by atoms with Crippen molar-refractivity contribution >= 4 is 5.91 Å². The molecule has 1 N–H and O–H groups in total. The summed E-state index contributed by atoms with van der Waals surface area (Å²) in [7, 11) is 2.24. The summed E-state index contributed by atoms with van der Waals surface area (Å²) >= 11 is 0. The molecule has 4 rings (SSSR count). The molecule has 1 aromatic carbocycles. The van der Waals surface area contributed by atoms with E-state index in [0.717, 1.165) is 12.5 Å². The van der Waals surface area contributed by atoms with Crippen molar-refractivity contribution in [2.45, 2.75) is 56.5 Å². The maximum atomic E-state index is 11.6. The molecule has 136 valence electrons. The minimum atomic E-state index is 0.0839. The zero-order valence-corrected chi connectivity index (χ0v) is 15.6. The first-order valence-electron chi connectivity index (χ1n) is 9.86. The lowest BCUT2D eigenvalue weighted by Crippen LogP contribution is -2.49. The number of hydrogen-bond acceptors (Lipinski definition) is 3. The van der Waals surface area contributed by atoms with Crippen LogP contribution in [0.2, 0.25) is 0 Å². The lowest BCUT2D eigenvalue weighted by atomic mass is 9.73. The third-order valence-electron chi connectivity index (χ3n) is 6.84. The molecule has 1 spiro atoms. The van der Waals surface area contributed by atoms with Crippen LogP contribution in [0.3, 0.4) is 0 Å². The summed E-state index contributed by atoms with van der Waals surface area (Å²) in [5, 5.41) is 3.19. The third-order valence-corrected chi connectivity index (χ3v) is 6.84. The van der Waals surface area contributed by atoms with Gasteiger partial charge in [-0.15, -0.1) is 0 Å². The Morgan fingerprint density at radius 2 is 1.80 bits per heavy atom. The van der Waals surface area contributed by atoms with E-state index in [1.165, 1.54) is 63.0 Å². The average molecular weight is 341 g/mol. The first kappa shape index (κ1) is 17.0. The molecule has 4 heteroatoms. The second-order valence-electron chi connectivity index (χ2n) is 8.40. The SMILES string of the molecule is CC(=O)N[C@H]1CC2(CCN(C3CCN(C)CC3)CC2)c2ccccc21. The summed E-state index contributed by atoms with van der Waals surface area (Å²) < 4.78 is 0. The number of nitrogens with zero attached hydrogens (tertiary/aromatic N) is 2. The van der Waals surface area contributed by atoms with E-state index in [-0.39, 0.29) is 17.4 Å². The fraction of sp³-hybridized carbons (Fsp3) is 0.667. The summed E-state index contributed by atoms with van der Waals surface area (Å²) in [4.78, 5) is 16.8.